The van der Waals surface area contributed by atoms with Gasteiger partial charge in [0.25, 0.3) is 0 Å². The topological polar surface area (TPSA) is 52.3 Å². The first-order chi connectivity index (χ1) is 8.74. The minimum absolute atomic E-state index is 0.502. The number of hydrogen-bond acceptors (Lipinski definition) is 4. The number of para-hydroxylation sites is 1. The zero-order valence-electron chi connectivity index (χ0n) is 9.87. The first-order valence-corrected chi connectivity index (χ1v) is 7.34. The van der Waals surface area contributed by atoms with Gasteiger partial charge in [0.15, 0.2) is 0 Å². The Morgan fingerprint density at radius 3 is 2.89 bits per heavy atom. The minimum atomic E-state index is -0.792. The van der Waals surface area contributed by atoms with Crippen LogP contribution in [-0.2, 0) is 0 Å². The molecule has 0 aromatic heterocycles. The lowest BCUT2D eigenvalue weighted by molar-refractivity contribution is 0.210. The number of primary amides is 1. The third-order valence-corrected chi connectivity index (χ3v) is 3.62. The predicted molar refractivity (Wildman–Crippen MR) is 79.2 cm³/mol. The lowest BCUT2D eigenvalue weighted by Gasteiger charge is -2.06. The van der Waals surface area contributed by atoms with E-state index < -0.39 is 6.09 Å². The number of carbonyl (C=O) groups is 1. The summed E-state index contributed by atoms with van der Waals surface area (Å²) in [5.74, 6) is 2.22. The van der Waals surface area contributed by atoms with Crippen LogP contribution in [0.25, 0.3) is 0 Å². The molecule has 1 aromatic rings. The van der Waals surface area contributed by atoms with E-state index in [1.165, 1.54) is 0 Å². The van der Waals surface area contributed by atoms with Gasteiger partial charge in [-0.05, 0) is 17.5 Å². The smallest absolute Gasteiger partial charge is 0.409 e. The summed E-state index contributed by atoms with van der Waals surface area (Å²) in [5, 5.41) is 2.03. The number of nitrogens with two attached hydrogens (primary N) is 1. The molecule has 0 aliphatic rings. The molecule has 1 rings (SSSR count). The Hall–Kier alpha value is -1.33. The van der Waals surface area contributed by atoms with Gasteiger partial charge in [-0.2, -0.15) is 0 Å². The maximum Gasteiger partial charge on any atom is 0.410 e. The van der Waals surface area contributed by atoms with E-state index in [-0.39, 0.29) is 0 Å². The monoisotopic (exact) mass is 281 g/mol. The molecule has 0 radical (unpaired) electrons. The number of hydrogen-bond donors (Lipinski definition) is 1. The van der Waals surface area contributed by atoms with Gasteiger partial charge in [-0.3, -0.25) is 0 Å². The van der Waals surface area contributed by atoms with E-state index in [1.807, 2.05) is 23.6 Å². The van der Waals surface area contributed by atoms with Crippen LogP contribution in [0.2, 0.25) is 0 Å². The number of amides is 1. The van der Waals surface area contributed by atoms with Crippen LogP contribution >= 0.6 is 23.5 Å². The van der Waals surface area contributed by atoms with E-state index in [0.717, 1.165) is 16.4 Å². The number of ether oxygens (including phenoxy) is 1. The van der Waals surface area contributed by atoms with Gasteiger partial charge >= 0.3 is 6.09 Å². The summed E-state index contributed by atoms with van der Waals surface area (Å²) in [6, 6.07) is 7.32. The maximum absolute atomic E-state index is 10.7. The summed E-state index contributed by atoms with van der Waals surface area (Å²) in [5.41, 5.74) is 5.01. The van der Waals surface area contributed by atoms with E-state index in [2.05, 4.69) is 12.7 Å². The lowest BCUT2D eigenvalue weighted by atomic mass is 10.3. The van der Waals surface area contributed by atoms with Crippen molar-refractivity contribution in [3.05, 3.63) is 48.4 Å². The molecule has 0 aliphatic heterocycles. The van der Waals surface area contributed by atoms with E-state index in [1.54, 1.807) is 35.7 Å². The molecule has 0 unspecified atom stereocenters. The fourth-order valence-electron chi connectivity index (χ4n) is 1.13. The molecule has 0 bridgehead atoms. The molecule has 0 fully saturated rings. The van der Waals surface area contributed by atoms with E-state index in [9.17, 15) is 4.79 Å². The predicted octanol–water partition coefficient (Wildman–Crippen LogP) is 3.67. The van der Waals surface area contributed by atoms with Crippen molar-refractivity contribution in [3.63, 3.8) is 0 Å². The van der Waals surface area contributed by atoms with Gasteiger partial charge in [-0.25, -0.2) is 4.79 Å². The molecular formula is C13H15NO2S2. The molecule has 0 spiro atoms. The standard InChI is InChI=1S/C13H15NO2S2/c1-2-8-17-9-5-10-18-12-7-4-3-6-11(12)16-13(14)15/h2-7,9H,1,8,10H2,(H2,14,15). The molecule has 0 atom stereocenters. The molecular weight excluding hydrogens is 266 g/mol. The number of carbonyl (C=O) groups excluding carboxylic acids is 1. The Morgan fingerprint density at radius 2 is 2.17 bits per heavy atom. The van der Waals surface area contributed by atoms with Crippen molar-refractivity contribution in [2.24, 2.45) is 5.73 Å². The van der Waals surface area contributed by atoms with Crippen molar-refractivity contribution in [2.45, 2.75) is 4.90 Å². The minimum Gasteiger partial charge on any atom is -0.409 e. The average molecular weight is 281 g/mol. The van der Waals surface area contributed by atoms with Gasteiger partial charge in [0, 0.05) is 11.5 Å². The van der Waals surface area contributed by atoms with Crippen molar-refractivity contribution in [3.8, 4) is 5.75 Å². The molecule has 1 aromatic carbocycles. The first-order valence-electron chi connectivity index (χ1n) is 5.30. The molecule has 0 aliphatic carbocycles. The van der Waals surface area contributed by atoms with Crippen LogP contribution in [-0.4, -0.2) is 17.6 Å². The van der Waals surface area contributed by atoms with Crippen LogP contribution in [0.15, 0.2) is 53.3 Å². The molecule has 5 heteroatoms. The van der Waals surface area contributed by atoms with Gasteiger partial charge in [0.05, 0.1) is 4.90 Å². The van der Waals surface area contributed by atoms with Crippen LogP contribution in [0, 0.1) is 0 Å². The zero-order chi connectivity index (χ0) is 13.2. The van der Waals surface area contributed by atoms with Crippen molar-refractivity contribution in [2.75, 3.05) is 11.5 Å². The summed E-state index contributed by atoms with van der Waals surface area (Å²) in [7, 11) is 0. The number of rotatable bonds is 7. The summed E-state index contributed by atoms with van der Waals surface area (Å²) in [6.45, 7) is 3.65. The average Bonchev–Trinajstić information content (AvgIpc) is 2.35. The van der Waals surface area contributed by atoms with Crippen LogP contribution in [0.3, 0.4) is 0 Å². The summed E-state index contributed by atoms with van der Waals surface area (Å²) >= 11 is 3.27. The second-order valence-electron chi connectivity index (χ2n) is 3.17. The van der Waals surface area contributed by atoms with Crippen molar-refractivity contribution in [1.29, 1.82) is 0 Å². The Labute approximate surface area is 115 Å². The highest BCUT2D eigenvalue weighted by Crippen LogP contribution is 2.29. The SMILES string of the molecule is C=CCSC=CCSc1ccccc1OC(N)=O. The quantitative estimate of drug-likeness (QED) is 0.470. The maximum atomic E-state index is 10.7. The molecule has 2 N–H and O–H groups in total. The molecule has 3 nitrogen and oxygen atoms in total. The van der Waals surface area contributed by atoms with Crippen LogP contribution in [0.5, 0.6) is 5.75 Å². The lowest BCUT2D eigenvalue weighted by Crippen LogP contribution is -2.16. The highest BCUT2D eigenvalue weighted by molar-refractivity contribution is 8.02. The second kappa shape index (κ2) is 8.72. The molecule has 0 heterocycles. The third-order valence-electron chi connectivity index (χ3n) is 1.80. The van der Waals surface area contributed by atoms with Gasteiger partial charge < -0.3 is 10.5 Å². The highest BCUT2D eigenvalue weighted by atomic mass is 32.2. The van der Waals surface area contributed by atoms with Crippen molar-refractivity contribution >= 4 is 29.6 Å². The van der Waals surface area contributed by atoms with E-state index >= 15 is 0 Å². The van der Waals surface area contributed by atoms with Gasteiger partial charge in [-0.1, -0.05) is 24.3 Å². The van der Waals surface area contributed by atoms with Crippen molar-refractivity contribution in [1.82, 2.24) is 0 Å². The normalized spacial score (nSPS) is 10.4. The Balaban J connectivity index is 2.48. The fraction of sp³-hybridized carbons (Fsp3) is 0.154. The Morgan fingerprint density at radius 1 is 1.39 bits per heavy atom. The number of thioether (sulfide) groups is 2. The summed E-state index contributed by atoms with van der Waals surface area (Å²) in [4.78, 5) is 11.6. The van der Waals surface area contributed by atoms with Gasteiger partial charge in [0.1, 0.15) is 5.75 Å². The third kappa shape index (κ3) is 5.84. The molecule has 1 amide bonds. The first kappa shape index (κ1) is 14.7. The number of benzene rings is 1. The van der Waals surface area contributed by atoms with Gasteiger partial charge in [0.2, 0.25) is 0 Å². The van der Waals surface area contributed by atoms with Crippen LogP contribution in [0.4, 0.5) is 4.79 Å². The molecule has 18 heavy (non-hydrogen) atoms. The largest absolute Gasteiger partial charge is 0.410 e. The zero-order valence-corrected chi connectivity index (χ0v) is 11.5. The second-order valence-corrected chi connectivity index (χ2v) is 5.17. The Bertz CT molecular complexity index is 433. The fourth-order valence-corrected chi connectivity index (χ4v) is 2.53. The van der Waals surface area contributed by atoms with Crippen LogP contribution < -0.4 is 10.5 Å². The Kier molecular flexibility index (Phi) is 7.13. The molecule has 0 saturated carbocycles. The molecule has 0 saturated heterocycles. The summed E-state index contributed by atoms with van der Waals surface area (Å²) < 4.78 is 4.92. The van der Waals surface area contributed by atoms with Crippen molar-refractivity contribution < 1.29 is 9.53 Å². The van der Waals surface area contributed by atoms with Gasteiger partial charge in [-0.15, -0.1) is 30.1 Å². The molecule has 96 valence electrons. The van der Waals surface area contributed by atoms with Crippen LogP contribution in [0.1, 0.15) is 0 Å². The van der Waals surface area contributed by atoms with E-state index in [4.69, 9.17) is 10.5 Å². The van der Waals surface area contributed by atoms with E-state index in [0.29, 0.717) is 5.75 Å². The summed E-state index contributed by atoms with van der Waals surface area (Å²) in [6.07, 6.45) is 3.12. The highest BCUT2D eigenvalue weighted by Gasteiger charge is 2.05.